The van der Waals surface area contributed by atoms with Gasteiger partial charge in [-0.1, -0.05) is 61.3 Å². The molecular formula is C17H16Br2Cl2O2. The summed E-state index contributed by atoms with van der Waals surface area (Å²) < 4.78 is 6.50. The molecule has 0 bridgehead atoms. The van der Waals surface area contributed by atoms with Crippen LogP contribution in [0.25, 0.3) is 6.08 Å². The van der Waals surface area contributed by atoms with Crippen LogP contribution in [-0.2, 0) is 16.1 Å². The van der Waals surface area contributed by atoms with Gasteiger partial charge in [-0.05, 0) is 66.5 Å². The van der Waals surface area contributed by atoms with Gasteiger partial charge in [0.25, 0.3) is 0 Å². The summed E-state index contributed by atoms with van der Waals surface area (Å²) >= 11 is 18.0. The van der Waals surface area contributed by atoms with Gasteiger partial charge in [0.1, 0.15) is 11.1 Å². The van der Waals surface area contributed by atoms with E-state index in [0.717, 1.165) is 14.5 Å². The molecule has 0 heterocycles. The Hall–Kier alpha value is -0.290. The lowest BCUT2D eigenvalue weighted by atomic mass is 10.1. The molecule has 1 aliphatic carbocycles. The zero-order valence-electron chi connectivity index (χ0n) is 12.7. The molecule has 0 saturated heterocycles. The summed E-state index contributed by atoms with van der Waals surface area (Å²) in [7, 11) is 0. The largest absolute Gasteiger partial charge is 0.461 e. The van der Waals surface area contributed by atoms with Gasteiger partial charge in [0.05, 0.1) is 9.31 Å². The zero-order chi connectivity index (χ0) is 17.2. The third-order valence-corrected chi connectivity index (χ3v) is 4.82. The third kappa shape index (κ3) is 5.09. The van der Waals surface area contributed by atoms with Crippen LogP contribution in [0.2, 0.25) is 0 Å². The first-order chi connectivity index (χ1) is 10.7. The molecule has 1 fully saturated rings. The predicted molar refractivity (Wildman–Crippen MR) is 103 cm³/mol. The molecule has 0 amide bonds. The van der Waals surface area contributed by atoms with Crippen molar-refractivity contribution < 1.29 is 9.53 Å². The Balaban J connectivity index is 1.93. The maximum absolute atomic E-state index is 12.2. The van der Waals surface area contributed by atoms with Crippen LogP contribution in [-0.4, -0.2) is 5.97 Å². The van der Waals surface area contributed by atoms with Crippen LogP contribution in [0.15, 0.2) is 38.2 Å². The average Bonchev–Trinajstić information content (AvgIpc) is 2.97. The summed E-state index contributed by atoms with van der Waals surface area (Å²) in [6.07, 6.45) is 3.66. The van der Waals surface area contributed by atoms with Crippen LogP contribution < -0.4 is 0 Å². The summed E-state index contributed by atoms with van der Waals surface area (Å²) in [5, 5.41) is 0. The first-order valence-electron chi connectivity index (χ1n) is 7.03. The maximum atomic E-state index is 12.2. The SMILES string of the molecule is CC1(C)C(C=C(Cl)Cl)C1C(=O)OCc1ccc(C=C(Br)Br)cc1. The minimum Gasteiger partial charge on any atom is -0.461 e. The number of hydrogen-bond acceptors (Lipinski definition) is 2. The van der Waals surface area contributed by atoms with E-state index in [1.54, 1.807) is 6.08 Å². The molecular weight excluding hydrogens is 467 g/mol. The molecule has 0 radical (unpaired) electrons. The normalized spacial score (nSPS) is 21.3. The smallest absolute Gasteiger partial charge is 0.310 e. The van der Waals surface area contributed by atoms with Gasteiger partial charge >= 0.3 is 5.97 Å². The van der Waals surface area contributed by atoms with Crippen LogP contribution in [0.5, 0.6) is 0 Å². The lowest BCUT2D eigenvalue weighted by molar-refractivity contribution is -0.147. The highest BCUT2D eigenvalue weighted by Crippen LogP contribution is 2.60. The van der Waals surface area contributed by atoms with Gasteiger partial charge < -0.3 is 4.74 Å². The fourth-order valence-electron chi connectivity index (χ4n) is 2.65. The van der Waals surface area contributed by atoms with Crippen molar-refractivity contribution in [3.05, 3.63) is 49.4 Å². The van der Waals surface area contributed by atoms with Gasteiger partial charge in [0, 0.05) is 0 Å². The van der Waals surface area contributed by atoms with E-state index in [-0.39, 0.29) is 34.3 Å². The molecule has 23 heavy (non-hydrogen) atoms. The van der Waals surface area contributed by atoms with Crippen LogP contribution in [0.1, 0.15) is 25.0 Å². The van der Waals surface area contributed by atoms with Crippen molar-refractivity contribution in [3.63, 3.8) is 0 Å². The third-order valence-electron chi connectivity index (χ3n) is 4.11. The number of esters is 1. The number of carbonyl (C=O) groups is 1. The number of benzene rings is 1. The maximum Gasteiger partial charge on any atom is 0.310 e. The zero-order valence-corrected chi connectivity index (χ0v) is 17.3. The Labute approximate surface area is 163 Å². The van der Waals surface area contributed by atoms with Crippen molar-refractivity contribution in [3.8, 4) is 0 Å². The first-order valence-corrected chi connectivity index (χ1v) is 9.37. The van der Waals surface area contributed by atoms with Gasteiger partial charge in [0.15, 0.2) is 0 Å². The Morgan fingerprint density at radius 2 is 1.87 bits per heavy atom. The van der Waals surface area contributed by atoms with E-state index in [9.17, 15) is 4.79 Å². The van der Waals surface area contributed by atoms with Crippen molar-refractivity contribution in [1.82, 2.24) is 0 Å². The number of allylic oxidation sites excluding steroid dienone is 1. The molecule has 124 valence electrons. The highest BCUT2D eigenvalue weighted by Gasteiger charge is 2.61. The molecule has 1 aromatic rings. The molecule has 1 aromatic carbocycles. The fourth-order valence-corrected chi connectivity index (χ4v) is 3.46. The molecule has 2 nitrogen and oxygen atoms in total. The highest BCUT2D eigenvalue weighted by molar-refractivity contribution is 9.28. The van der Waals surface area contributed by atoms with E-state index < -0.39 is 0 Å². The van der Waals surface area contributed by atoms with Gasteiger partial charge in [-0.15, -0.1) is 0 Å². The molecule has 2 unspecified atom stereocenters. The van der Waals surface area contributed by atoms with Gasteiger partial charge in [-0.3, -0.25) is 4.79 Å². The van der Waals surface area contributed by atoms with Crippen LogP contribution in [0, 0.1) is 17.3 Å². The van der Waals surface area contributed by atoms with Gasteiger partial charge in [-0.25, -0.2) is 0 Å². The second-order valence-electron chi connectivity index (χ2n) is 6.06. The van der Waals surface area contributed by atoms with Crippen LogP contribution >= 0.6 is 55.1 Å². The minimum absolute atomic E-state index is 0.0313. The second-order valence-corrected chi connectivity index (χ2v) is 9.85. The second kappa shape index (κ2) is 7.73. The highest BCUT2D eigenvalue weighted by atomic mass is 79.9. The van der Waals surface area contributed by atoms with Crippen molar-refractivity contribution in [2.45, 2.75) is 20.5 Å². The molecule has 1 saturated carbocycles. The standard InChI is InChI=1S/C17H16Br2Cl2O2/c1-17(2)12(8-14(20)21)15(17)16(22)23-9-11-5-3-10(4-6-11)7-13(18)19/h3-8,12,15H,9H2,1-2H3. The number of carbonyl (C=O) groups excluding carboxylic acids is 1. The first kappa shape index (κ1) is 19.0. The van der Waals surface area contributed by atoms with E-state index >= 15 is 0 Å². The molecule has 2 rings (SSSR count). The Morgan fingerprint density at radius 3 is 2.39 bits per heavy atom. The quantitative estimate of drug-likeness (QED) is 0.453. The van der Waals surface area contributed by atoms with Crippen molar-refractivity contribution in [1.29, 1.82) is 0 Å². The Kier molecular flexibility index (Phi) is 6.40. The van der Waals surface area contributed by atoms with Crippen molar-refractivity contribution >= 4 is 67.1 Å². The van der Waals surface area contributed by atoms with E-state index in [4.69, 9.17) is 27.9 Å². The van der Waals surface area contributed by atoms with Crippen molar-refractivity contribution in [2.24, 2.45) is 17.3 Å². The Bertz CT molecular complexity index is 643. The molecule has 0 aliphatic heterocycles. The Morgan fingerprint density at radius 1 is 1.26 bits per heavy atom. The fraction of sp³-hybridized carbons (Fsp3) is 0.353. The summed E-state index contributed by atoms with van der Waals surface area (Å²) in [5.74, 6) is -0.372. The monoisotopic (exact) mass is 480 g/mol. The molecule has 0 aromatic heterocycles. The summed E-state index contributed by atoms with van der Waals surface area (Å²) in [5.41, 5.74) is 1.83. The molecule has 0 N–H and O–H groups in total. The molecule has 6 heteroatoms. The number of halogens is 4. The van der Waals surface area contributed by atoms with Gasteiger partial charge in [-0.2, -0.15) is 0 Å². The number of hydrogen-bond donors (Lipinski definition) is 0. The molecule has 1 aliphatic rings. The molecule has 2 atom stereocenters. The van der Waals surface area contributed by atoms with E-state index in [0.29, 0.717) is 0 Å². The lowest BCUT2D eigenvalue weighted by Gasteiger charge is -2.06. The number of rotatable bonds is 5. The average molecular weight is 483 g/mol. The summed E-state index contributed by atoms with van der Waals surface area (Å²) in [4.78, 5) is 12.2. The van der Waals surface area contributed by atoms with E-state index in [1.165, 1.54) is 0 Å². The van der Waals surface area contributed by atoms with E-state index in [1.807, 2.05) is 44.2 Å². The lowest BCUT2D eigenvalue weighted by Crippen LogP contribution is -2.10. The number of ether oxygens (including phenoxy) is 1. The summed E-state index contributed by atoms with van der Waals surface area (Å²) in [6.45, 7) is 4.28. The van der Waals surface area contributed by atoms with Crippen LogP contribution in [0.4, 0.5) is 0 Å². The van der Waals surface area contributed by atoms with E-state index in [2.05, 4.69) is 31.9 Å². The van der Waals surface area contributed by atoms with Gasteiger partial charge in [0.2, 0.25) is 0 Å². The summed E-state index contributed by atoms with van der Waals surface area (Å²) in [6, 6.07) is 7.80. The predicted octanol–water partition coefficient (Wildman–Crippen LogP) is 6.41. The van der Waals surface area contributed by atoms with Crippen molar-refractivity contribution in [2.75, 3.05) is 0 Å². The molecule has 0 spiro atoms. The topological polar surface area (TPSA) is 26.3 Å². The van der Waals surface area contributed by atoms with Crippen LogP contribution in [0.3, 0.4) is 0 Å². The minimum atomic E-state index is -0.210.